The van der Waals surface area contributed by atoms with Gasteiger partial charge in [-0.3, -0.25) is 9.69 Å². The minimum absolute atomic E-state index is 0.0635. The van der Waals surface area contributed by atoms with Crippen molar-refractivity contribution < 1.29 is 19.1 Å². The Balaban J connectivity index is 1.94. The van der Waals surface area contributed by atoms with Crippen LogP contribution in [0.4, 0.5) is 10.5 Å². The monoisotopic (exact) mass is 306 g/mol. The number of hydrogen-bond donors (Lipinski definition) is 1. The van der Waals surface area contributed by atoms with Gasteiger partial charge in [-0.15, -0.1) is 0 Å². The van der Waals surface area contributed by atoms with Crippen molar-refractivity contribution in [2.75, 3.05) is 25.1 Å². The fraction of sp³-hybridized carbons (Fsp3) is 0.500. The summed E-state index contributed by atoms with van der Waals surface area (Å²) in [5.41, 5.74) is 0.286. The highest BCUT2D eigenvalue weighted by atomic mass is 16.6. The third-order valence-corrected chi connectivity index (χ3v) is 3.43. The molecule has 120 valence electrons. The standard InChI is InChI=1S/C16H22N2O4/c1-16(2,3)14(19)17-9-13-10-18(15(20)22-13)11-5-7-12(21-4)8-6-11/h5-8,13H,9-10H2,1-4H3,(H,17,19). The van der Waals surface area contributed by atoms with Gasteiger partial charge >= 0.3 is 6.09 Å². The third kappa shape index (κ3) is 3.69. The van der Waals surface area contributed by atoms with Crippen LogP contribution < -0.4 is 15.0 Å². The van der Waals surface area contributed by atoms with Gasteiger partial charge in [0.15, 0.2) is 0 Å². The number of methoxy groups -OCH3 is 1. The van der Waals surface area contributed by atoms with E-state index in [4.69, 9.17) is 9.47 Å². The van der Waals surface area contributed by atoms with E-state index in [0.29, 0.717) is 13.1 Å². The molecule has 1 aliphatic rings. The second-order valence-corrected chi connectivity index (χ2v) is 6.27. The number of hydrogen-bond acceptors (Lipinski definition) is 4. The topological polar surface area (TPSA) is 67.9 Å². The first-order valence-corrected chi connectivity index (χ1v) is 7.22. The summed E-state index contributed by atoms with van der Waals surface area (Å²) in [7, 11) is 1.59. The summed E-state index contributed by atoms with van der Waals surface area (Å²) in [4.78, 5) is 25.3. The Hall–Kier alpha value is -2.24. The van der Waals surface area contributed by atoms with E-state index in [0.717, 1.165) is 11.4 Å². The fourth-order valence-electron chi connectivity index (χ4n) is 2.07. The Morgan fingerprint density at radius 2 is 2.00 bits per heavy atom. The summed E-state index contributed by atoms with van der Waals surface area (Å²) in [6.07, 6.45) is -0.749. The highest BCUT2D eigenvalue weighted by molar-refractivity contribution is 5.90. The number of nitrogens with one attached hydrogen (secondary N) is 1. The maximum atomic E-state index is 11.9. The highest BCUT2D eigenvalue weighted by Gasteiger charge is 2.33. The third-order valence-electron chi connectivity index (χ3n) is 3.43. The molecule has 2 rings (SSSR count). The molecule has 0 saturated carbocycles. The van der Waals surface area contributed by atoms with E-state index in [2.05, 4.69) is 5.32 Å². The van der Waals surface area contributed by atoms with E-state index in [1.165, 1.54) is 0 Å². The van der Waals surface area contributed by atoms with Crippen LogP contribution in [0.5, 0.6) is 5.75 Å². The first kappa shape index (κ1) is 16.1. The minimum atomic E-state index is -0.460. The normalized spacial score (nSPS) is 18.1. The summed E-state index contributed by atoms with van der Waals surface area (Å²) in [6.45, 7) is 6.25. The molecule has 0 aromatic heterocycles. The molecule has 1 aromatic carbocycles. The Morgan fingerprint density at radius 1 is 1.36 bits per heavy atom. The van der Waals surface area contributed by atoms with Gasteiger partial charge < -0.3 is 14.8 Å². The van der Waals surface area contributed by atoms with Gasteiger partial charge in [-0.25, -0.2) is 4.79 Å². The van der Waals surface area contributed by atoms with Crippen LogP contribution in [-0.4, -0.2) is 38.3 Å². The minimum Gasteiger partial charge on any atom is -0.497 e. The molecule has 0 aliphatic carbocycles. The molecule has 22 heavy (non-hydrogen) atoms. The fourth-order valence-corrected chi connectivity index (χ4v) is 2.07. The number of carbonyl (C=O) groups is 2. The van der Waals surface area contributed by atoms with E-state index in [9.17, 15) is 9.59 Å². The lowest BCUT2D eigenvalue weighted by Crippen LogP contribution is -2.40. The second-order valence-electron chi connectivity index (χ2n) is 6.27. The molecule has 6 heteroatoms. The Bertz CT molecular complexity index is 548. The van der Waals surface area contributed by atoms with Crippen molar-refractivity contribution in [3.05, 3.63) is 24.3 Å². The van der Waals surface area contributed by atoms with Crippen molar-refractivity contribution >= 4 is 17.7 Å². The summed E-state index contributed by atoms with van der Waals surface area (Å²) in [5, 5.41) is 2.81. The summed E-state index contributed by atoms with van der Waals surface area (Å²) in [5.74, 6) is 0.664. The molecule has 1 heterocycles. The highest BCUT2D eigenvalue weighted by Crippen LogP contribution is 2.24. The van der Waals surface area contributed by atoms with Gasteiger partial charge in [-0.05, 0) is 24.3 Å². The first-order valence-electron chi connectivity index (χ1n) is 7.22. The van der Waals surface area contributed by atoms with E-state index >= 15 is 0 Å². The maximum Gasteiger partial charge on any atom is 0.414 e. The molecule has 1 fully saturated rings. The molecular weight excluding hydrogens is 284 g/mol. The summed E-state index contributed by atoms with van der Waals surface area (Å²) < 4.78 is 10.4. The molecule has 6 nitrogen and oxygen atoms in total. The van der Waals surface area contributed by atoms with Gasteiger partial charge in [0.05, 0.1) is 20.2 Å². The Kier molecular flexibility index (Phi) is 4.59. The van der Waals surface area contributed by atoms with Crippen LogP contribution >= 0.6 is 0 Å². The smallest absolute Gasteiger partial charge is 0.414 e. The van der Waals surface area contributed by atoms with Crippen LogP contribution in [0.3, 0.4) is 0 Å². The van der Waals surface area contributed by atoms with Gasteiger partial charge in [-0.2, -0.15) is 0 Å². The molecule has 1 atom stereocenters. The number of cyclic esters (lactones) is 1. The van der Waals surface area contributed by atoms with Crippen molar-refractivity contribution in [1.29, 1.82) is 0 Å². The van der Waals surface area contributed by atoms with Crippen LogP contribution in [0.1, 0.15) is 20.8 Å². The van der Waals surface area contributed by atoms with E-state index in [1.807, 2.05) is 20.8 Å². The van der Waals surface area contributed by atoms with E-state index in [-0.39, 0.29) is 12.0 Å². The average molecular weight is 306 g/mol. The van der Waals surface area contributed by atoms with Crippen molar-refractivity contribution in [2.24, 2.45) is 5.41 Å². The van der Waals surface area contributed by atoms with Gasteiger partial charge in [0.2, 0.25) is 5.91 Å². The average Bonchev–Trinajstić information content (AvgIpc) is 2.85. The lowest BCUT2D eigenvalue weighted by molar-refractivity contribution is -0.128. The molecule has 1 unspecified atom stereocenters. The lowest BCUT2D eigenvalue weighted by atomic mass is 9.96. The molecular formula is C16H22N2O4. The Morgan fingerprint density at radius 3 is 2.55 bits per heavy atom. The van der Waals surface area contributed by atoms with Gasteiger partial charge in [0.25, 0.3) is 0 Å². The number of ether oxygens (including phenoxy) is 2. The molecule has 0 radical (unpaired) electrons. The van der Waals surface area contributed by atoms with Gasteiger partial charge in [0, 0.05) is 11.1 Å². The zero-order valence-electron chi connectivity index (χ0n) is 13.4. The molecule has 0 bridgehead atoms. The lowest BCUT2D eigenvalue weighted by Gasteiger charge is -2.19. The SMILES string of the molecule is COc1ccc(N2CC(CNC(=O)C(C)(C)C)OC2=O)cc1. The number of rotatable bonds is 4. The van der Waals surface area contributed by atoms with Crippen LogP contribution in [0.15, 0.2) is 24.3 Å². The van der Waals surface area contributed by atoms with Gasteiger partial charge in [0.1, 0.15) is 11.9 Å². The summed E-state index contributed by atoms with van der Waals surface area (Å²) in [6, 6.07) is 7.18. The van der Waals surface area contributed by atoms with Crippen LogP contribution in [-0.2, 0) is 9.53 Å². The summed E-state index contributed by atoms with van der Waals surface area (Å²) >= 11 is 0. The van der Waals surface area contributed by atoms with Crippen LogP contribution in [0, 0.1) is 5.41 Å². The van der Waals surface area contributed by atoms with E-state index in [1.54, 1.807) is 36.3 Å². The van der Waals surface area contributed by atoms with Crippen molar-refractivity contribution in [3.8, 4) is 5.75 Å². The quantitative estimate of drug-likeness (QED) is 0.926. The number of benzene rings is 1. The van der Waals surface area contributed by atoms with Crippen molar-refractivity contribution in [3.63, 3.8) is 0 Å². The molecule has 1 N–H and O–H groups in total. The maximum absolute atomic E-state index is 11.9. The zero-order chi connectivity index (χ0) is 16.3. The largest absolute Gasteiger partial charge is 0.497 e. The van der Waals surface area contributed by atoms with Crippen LogP contribution in [0.25, 0.3) is 0 Å². The number of anilines is 1. The molecule has 0 spiro atoms. The first-order chi connectivity index (χ1) is 10.3. The van der Waals surface area contributed by atoms with Crippen molar-refractivity contribution in [2.45, 2.75) is 26.9 Å². The Labute approximate surface area is 130 Å². The predicted molar refractivity (Wildman–Crippen MR) is 83.1 cm³/mol. The number of carbonyl (C=O) groups excluding carboxylic acids is 2. The van der Waals surface area contributed by atoms with Gasteiger partial charge in [-0.1, -0.05) is 20.8 Å². The van der Waals surface area contributed by atoms with E-state index < -0.39 is 11.5 Å². The molecule has 1 saturated heterocycles. The number of amides is 2. The predicted octanol–water partition coefficient (Wildman–Crippen LogP) is 2.18. The second kappa shape index (κ2) is 6.25. The number of nitrogens with zero attached hydrogens (tertiary/aromatic N) is 1. The van der Waals surface area contributed by atoms with Crippen molar-refractivity contribution in [1.82, 2.24) is 5.32 Å². The van der Waals surface area contributed by atoms with Crippen LogP contribution in [0.2, 0.25) is 0 Å². The molecule has 2 amide bonds. The zero-order valence-corrected chi connectivity index (χ0v) is 13.4. The molecule has 1 aromatic rings. The molecule has 1 aliphatic heterocycles.